The zero-order chi connectivity index (χ0) is 15.2. The molecule has 1 heterocycles. The molecule has 1 saturated heterocycles. The van der Waals surface area contributed by atoms with Crippen molar-refractivity contribution < 1.29 is 4.74 Å². The van der Waals surface area contributed by atoms with E-state index in [0.29, 0.717) is 18.7 Å². The third-order valence-electron chi connectivity index (χ3n) is 3.92. The zero-order valence-electron chi connectivity index (χ0n) is 12.6. The maximum atomic E-state index is 6.18. The summed E-state index contributed by atoms with van der Waals surface area (Å²) in [5.41, 5.74) is 5.89. The van der Waals surface area contributed by atoms with Crippen LogP contribution in [0.3, 0.4) is 0 Å². The summed E-state index contributed by atoms with van der Waals surface area (Å²) in [6.07, 6.45) is 2.45. The first-order chi connectivity index (χ1) is 10.1. The number of ether oxygens (including phenoxy) is 1. The summed E-state index contributed by atoms with van der Waals surface area (Å²) < 4.78 is 5.45. The van der Waals surface area contributed by atoms with E-state index >= 15 is 0 Å². The second-order valence-corrected chi connectivity index (χ2v) is 7.21. The number of methoxy groups -OCH3 is 1. The number of nitrogens with zero attached hydrogens (tertiary/aromatic N) is 1. The Balaban J connectivity index is 0.00000242. The van der Waals surface area contributed by atoms with Gasteiger partial charge >= 0.3 is 0 Å². The third kappa shape index (κ3) is 5.75. The lowest BCUT2D eigenvalue weighted by molar-refractivity contribution is 0.0158. The highest BCUT2D eigenvalue weighted by Gasteiger charge is 2.27. The molecule has 2 rings (SSSR count). The Hall–Kier alpha value is 0.320. The van der Waals surface area contributed by atoms with Crippen LogP contribution in [0.15, 0.2) is 23.1 Å². The first-order valence-electron chi connectivity index (χ1n) is 7.18. The van der Waals surface area contributed by atoms with Gasteiger partial charge in [-0.1, -0.05) is 23.2 Å². The average Bonchev–Trinajstić information content (AvgIpc) is 2.50. The molecule has 1 aromatic rings. The van der Waals surface area contributed by atoms with Gasteiger partial charge in [-0.2, -0.15) is 0 Å². The number of likely N-dealkylation sites (tertiary alicyclic amines) is 1. The van der Waals surface area contributed by atoms with Crippen LogP contribution in [0.1, 0.15) is 12.8 Å². The summed E-state index contributed by atoms with van der Waals surface area (Å²) >= 11 is 13.9. The van der Waals surface area contributed by atoms with Crippen molar-refractivity contribution in [2.24, 2.45) is 5.73 Å². The molecule has 1 fully saturated rings. The summed E-state index contributed by atoms with van der Waals surface area (Å²) in [5.74, 6) is 0.980. The van der Waals surface area contributed by atoms with Crippen LogP contribution in [-0.2, 0) is 4.74 Å². The van der Waals surface area contributed by atoms with E-state index in [9.17, 15) is 0 Å². The third-order valence-corrected chi connectivity index (χ3v) is 5.64. The molecule has 2 N–H and O–H groups in total. The van der Waals surface area contributed by atoms with E-state index < -0.39 is 0 Å². The lowest BCUT2D eigenvalue weighted by atomic mass is 9.99. The van der Waals surface area contributed by atoms with Crippen LogP contribution in [0.25, 0.3) is 0 Å². The van der Waals surface area contributed by atoms with E-state index in [0.717, 1.165) is 46.6 Å². The molecular weight excluding hydrogens is 363 g/mol. The molecule has 3 nitrogen and oxygen atoms in total. The predicted molar refractivity (Wildman–Crippen MR) is 98.9 cm³/mol. The topological polar surface area (TPSA) is 38.5 Å². The summed E-state index contributed by atoms with van der Waals surface area (Å²) in [7, 11) is 1.78. The molecule has 2 unspecified atom stereocenters. The molecule has 0 bridgehead atoms. The van der Waals surface area contributed by atoms with Crippen LogP contribution in [0.2, 0.25) is 10.0 Å². The molecule has 1 aromatic carbocycles. The van der Waals surface area contributed by atoms with Crippen LogP contribution in [0.4, 0.5) is 0 Å². The molecule has 0 spiro atoms. The van der Waals surface area contributed by atoms with Gasteiger partial charge in [-0.15, -0.1) is 24.2 Å². The molecule has 126 valence electrons. The van der Waals surface area contributed by atoms with Crippen molar-refractivity contribution >= 4 is 47.4 Å². The average molecular weight is 386 g/mol. The number of hydrogen-bond donors (Lipinski definition) is 1. The maximum absolute atomic E-state index is 6.18. The predicted octanol–water partition coefficient (Wildman–Crippen LogP) is 3.95. The molecule has 2 atom stereocenters. The number of piperidine rings is 1. The van der Waals surface area contributed by atoms with Crippen molar-refractivity contribution in [3.63, 3.8) is 0 Å². The summed E-state index contributed by atoms with van der Waals surface area (Å²) in [6, 6.07) is 6.00. The fourth-order valence-electron chi connectivity index (χ4n) is 2.68. The lowest BCUT2D eigenvalue weighted by Crippen LogP contribution is -2.49. The normalized spacial score (nSPS) is 22.4. The van der Waals surface area contributed by atoms with Crippen molar-refractivity contribution in [2.75, 3.05) is 32.5 Å². The van der Waals surface area contributed by atoms with Gasteiger partial charge in [0.25, 0.3) is 0 Å². The number of rotatable bonds is 6. The van der Waals surface area contributed by atoms with E-state index in [4.69, 9.17) is 33.7 Å². The van der Waals surface area contributed by atoms with Crippen molar-refractivity contribution in [2.45, 2.75) is 29.9 Å². The molecule has 0 aromatic heterocycles. The molecular formula is C15H23Cl3N2OS. The SMILES string of the molecule is COC1CCN(CCSc2cc(Cl)ccc2Cl)C(CN)C1.Cl. The van der Waals surface area contributed by atoms with Gasteiger partial charge in [0, 0.05) is 48.5 Å². The Bertz CT molecular complexity index is 464. The highest BCUT2D eigenvalue weighted by molar-refractivity contribution is 7.99. The fourth-order valence-corrected chi connectivity index (χ4v) is 4.16. The van der Waals surface area contributed by atoms with Crippen LogP contribution in [0, 0.1) is 0 Å². The number of nitrogens with two attached hydrogens (primary N) is 1. The van der Waals surface area contributed by atoms with Gasteiger partial charge < -0.3 is 10.5 Å². The second kappa shape index (κ2) is 10.2. The minimum atomic E-state index is 0. The molecule has 1 aliphatic heterocycles. The van der Waals surface area contributed by atoms with E-state index in [2.05, 4.69) is 4.90 Å². The van der Waals surface area contributed by atoms with Crippen LogP contribution >= 0.6 is 47.4 Å². The monoisotopic (exact) mass is 384 g/mol. The van der Waals surface area contributed by atoms with Gasteiger partial charge in [0.05, 0.1) is 11.1 Å². The van der Waals surface area contributed by atoms with E-state index in [1.54, 1.807) is 18.9 Å². The minimum absolute atomic E-state index is 0. The van der Waals surface area contributed by atoms with Gasteiger partial charge in [0.2, 0.25) is 0 Å². The Labute approximate surface area is 153 Å². The fraction of sp³-hybridized carbons (Fsp3) is 0.600. The Morgan fingerprint density at radius 2 is 2.18 bits per heavy atom. The van der Waals surface area contributed by atoms with Gasteiger partial charge in [-0.3, -0.25) is 4.90 Å². The molecule has 0 radical (unpaired) electrons. The minimum Gasteiger partial charge on any atom is -0.381 e. The molecule has 1 aliphatic rings. The summed E-state index contributed by atoms with van der Waals surface area (Å²) in [4.78, 5) is 3.50. The van der Waals surface area contributed by atoms with Crippen LogP contribution in [-0.4, -0.2) is 49.5 Å². The highest BCUT2D eigenvalue weighted by Crippen LogP contribution is 2.30. The quantitative estimate of drug-likeness (QED) is 0.753. The molecule has 22 heavy (non-hydrogen) atoms. The largest absolute Gasteiger partial charge is 0.381 e. The molecule has 7 heteroatoms. The Morgan fingerprint density at radius 3 is 2.86 bits per heavy atom. The second-order valence-electron chi connectivity index (χ2n) is 5.23. The summed E-state index contributed by atoms with van der Waals surface area (Å²) in [6.45, 7) is 2.73. The Morgan fingerprint density at radius 1 is 1.41 bits per heavy atom. The molecule has 0 amide bonds. The zero-order valence-corrected chi connectivity index (χ0v) is 15.8. The van der Waals surface area contributed by atoms with Gasteiger partial charge in [0.1, 0.15) is 0 Å². The van der Waals surface area contributed by atoms with Crippen molar-refractivity contribution in [1.29, 1.82) is 0 Å². The van der Waals surface area contributed by atoms with E-state index in [1.165, 1.54) is 0 Å². The standard InChI is InChI=1S/C15H22Cl2N2OS.ClH/c1-20-13-4-5-19(12(9-13)10-18)6-7-21-15-8-11(16)2-3-14(15)17;/h2-3,8,12-13H,4-7,9-10,18H2,1H3;1H. The van der Waals surface area contributed by atoms with Gasteiger partial charge in [-0.25, -0.2) is 0 Å². The summed E-state index contributed by atoms with van der Waals surface area (Å²) in [5, 5.41) is 1.49. The number of halogens is 3. The van der Waals surface area contributed by atoms with Crippen LogP contribution in [0.5, 0.6) is 0 Å². The van der Waals surface area contributed by atoms with Crippen LogP contribution < -0.4 is 5.73 Å². The first kappa shape index (κ1) is 20.4. The molecule has 0 aliphatic carbocycles. The van der Waals surface area contributed by atoms with Gasteiger partial charge in [0.15, 0.2) is 0 Å². The maximum Gasteiger partial charge on any atom is 0.0599 e. The van der Waals surface area contributed by atoms with Gasteiger partial charge in [-0.05, 0) is 31.0 Å². The number of hydrogen-bond acceptors (Lipinski definition) is 4. The smallest absolute Gasteiger partial charge is 0.0599 e. The van der Waals surface area contributed by atoms with E-state index in [-0.39, 0.29) is 12.4 Å². The van der Waals surface area contributed by atoms with Crippen molar-refractivity contribution in [1.82, 2.24) is 4.90 Å². The van der Waals surface area contributed by atoms with Crippen molar-refractivity contribution in [3.05, 3.63) is 28.2 Å². The molecule has 0 saturated carbocycles. The number of benzene rings is 1. The Kier molecular flexibility index (Phi) is 9.48. The number of thioether (sulfide) groups is 1. The first-order valence-corrected chi connectivity index (χ1v) is 8.93. The highest BCUT2D eigenvalue weighted by atomic mass is 35.5. The lowest BCUT2D eigenvalue weighted by Gasteiger charge is -2.38. The van der Waals surface area contributed by atoms with Crippen molar-refractivity contribution in [3.8, 4) is 0 Å². The van der Waals surface area contributed by atoms with E-state index in [1.807, 2.05) is 18.2 Å².